The summed E-state index contributed by atoms with van der Waals surface area (Å²) in [6.45, 7) is 4.07. The average Bonchev–Trinajstić information content (AvgIpc) is 2.42. The molecule has 116 valence electrons. The number of rotatable bonds is 4. The number of halogens is 1. The van der Waals surface area contributed by atoms with Crippen molar-refractivity contribution in [1.29, 1.82) is 0 Å². The van der Waals surface area contributed by atoms with Crippen LogP contribution in [0.5, 0.6) is 5.75 Å². The maximum absolute atomic E-state index is 13.6. The topological polar surface area (TPSA) is 40.5 Å². The van der Waals surface area contributed by atoms with Gasteiger partial charge in [-0.05, 0) is 57.7 Å². The van der Waals surface area contributed by atoms with Crippen molar-refractivity contribution in [2.45, 2.75) is 52.1 Å². The molecule has 4 heteroatoms. The Hall–Kier alpha value is -1.42. The molecule has 21 heavy (non-hydrogen) atoms. The first-order valence-corrected chi connectivity index (χ1v) is 7.61. The number of carbonyl (C=O) groups excluding carboxylic acids is 1. The summed E-state index contributed by atoms with van der Waals surface area (Å²) < 4.78 is 13.6. The fourth-order valence-corrected chi connectivity index (χ4v) is 3.13. The Bertz CT molecular complexity index is 522. The third-order valence-corrected chi connectivity index (χ3v) is 4.56. The standard InChI is InChI=1S/C17H24FNO2/c1-11-4-6-15(7-5-11)19(3)10-13-8-14(18)9-16(12(2)20)17(13)21/h8-9,11,15,21H,4-7,10H2,1-3H3. The van der Waals surface area contributed by atoms with Crippen LogP contribution in [0.2, 0.25) is 0 Å². The summed E-state index contributed by atoms with van der Waals surface area (Å²) in [7, 11) is 2.00. The van der Waals surface area contributed by atoms with Gasteiger partial charge in [0.25, 0.3) is 0 Å². The number of nitrogens with zero attached hydrogens (tertiary/aromatic N) is 1. The number of phenols is 1. The highest BCUT2D eigenvalue weighted by Crippen LogP contribution is 2.30. The van der Waals surface area contributed by atoms with Gasteiger partial charge in [-0.1, -0.05) is 6.92 Å². The molecule has 1 aromatic carbocycles. The molecule has 1 aromatic rings. The molecule has 0 saturated heterocycles. The van der Waals surface area contributed by atoms with Crippen molar-refractivity contribution in [2.75, 3.05) is 7.05 Å². The monoisotopic (exact) mass is 293 g/mol. The van der Waals surface area contributed by atoms with Crippen LogP contribution in [0.1, 0.15) is 55.5 Å². The van der Waals surface area contributed by atoms with Crippen molar-refractivity contribution in [2.24, 2.45) is 5.92 Å². The number of hydrogen-bond acceptors (Lipinski definition) is 3. The smallest absolute Gasteiger partial charge is 0.163 e. The zero-order chi connectivity index (χ0) is 15.6. The first kappa shape index (κ1) is 16.0. The maximum Gasteiger partial charge on any atom is 0.163 e. The predicted molar refractivity (Wildman–Crippen MR) is 81.0 cm³/mol. The Kier molecular flexibility index (Phi) is 4.99. The van der Waals surface area contributed by atoms with Crippen molar-refractivity contribution >= 4 is 5.78 Å². The molecule has 0 amide bonds. The third kappa shape index (κ3) is 3.82. The zero-order valence-electron chi connectivity index (χ0n) is 13.0. The lowest BCUT2D eigenvalue weighted by atomic mass is 9.86. The minimum absolute atomic E-state index is 0.0654. The maximum atomic E-state index is 13.6. The molecule has 1 saturated carbocycles. The average molecular weight is 293 g/mol. The highest BCUT2D eigenvalue weighted by atomic mass is 19.1. The Balaban J connectivity index is 2.13. The molecule has 1 N–H and O–H groups in total. The quantitative estimate of drug-likeness (QED) is 0.860. The number of benzene rings is 1. The van der Waals surface area contributed by atoms with Gasteiger partial charge in [-0.25, -0.2) is 4.39 Å². The summed E-state index contributed by atoms with van der Waals surface area (Å²) in [6.07, 6.45) is 4.69. The van der Waals surface area contributed by atoms with Crippen LogP contribution < -0.4 is 0 Å². The van der Waals surface area contributed by atoms with Crippen LogP contribution in [0.25, 0.3) is 0 Å². The van der Waals surface area contributed by atoms with Gasteiger partial charge in [-0.2, -0.15) is 0 Å². The molecular weight excluding hydrogens is 269 g/mol. The van der Waals surface area contributed by atoms with E-state index in [1.54, 1.807) is 0 Å². The molecule has 0 aromatic heterocycles. The second kappa shape index (κ2) is 6.56. The second-order valence-electron chi connectivity index (χ2n) is 6.35. The van der Waals surface area contributed by atoms with E-state index in [1.165, 1.54) is 25.8 Å². The van der Waals surface area contributed by atoms with Gasteiger partial charge in [-0.3, -0.25) is 9.69 Å². The number of phenolic OH excluding ortho intramolecular Hbond substituents is 1. The van der Waals surface area contributed by atoms with Gasteiger partial charge in [0.2, 0.25) is 0 Å². The molecule has 0 atom stereocenters. The Morgan fingerprint density at radius 3 is 2.52 bits per heavy atom. The van der Waals surface area contributed by atoms with Gasteiger partial charge >= 0.3 is 0 Å². The normalized spacial score (nSPS) is 22.5. The van der Waals surface area contributed by atoms with Crippen LogP contribution in [0, 0.1) is 11.7 Å². The van der Waals surface area contributed by atoms with E-state index in [4.69, 9.17) is 0 Å². The van der Waals surface area contributed by atoms with Gasteiger partial charge in [0.1, 0.15) is 11.6 Å². The summed E-state index contributed by atoms with van der Waals surface area (Å²) in [5.41, 5.74) is 0.553. The number of aromatic hydroxyl groups is 1. The van der Waals surface area contributed by atoms with Crippen LogP contribution in [-0.4, -0.2) is 28.9 Å². The molecule has 0 aliphatic heterocycles. The minimum atomic E-state index is -0.473. The lowest BCUT2D eigenvalue weighted by molar-refractivity contribution is 0.101. The van der Waals surface area contributed by atoms with Crippen LogP contribution in [0.3, 0.4) is 0 Å². The Morgan fingerprint density at radius 1 is 1.33 bits per heavy atom. The Labute approximate surface area is 125 Å². The number of ketones is 1. The summed E-state index contributed by atoms with van der Waals surface area (Å²) >= 11 is 0. The fraction of sp³-hybridized carbons (Fsp3) is 0.588. The first-order chi connectivity index (χ1) is 9.88. The number of hydrogen-bond donors (Lipinski definition) is 1. The van der Waals surface area contributed by atoms with Gasteiger partial charge in [0, 0.05) is 18.2 Å². The molecule has 0 bridgehead atoms. The molecule has 1 fully saturated rings. The van der Waals surface area contributed by atoms with Crippen molar-refractivity contribution in [3.63, 3.8) is 0 Å². The van der Waals surface area contributed by atoms with Crippen molar-refractivity contribution in [1.82, 2.24) is 4.90 Å². The molecule has 1 aliphatic rings. The summed E-state index contributed by atoms with van der Waals surface area (Å²) in [6, 6.07) is 2.89. The molecule has 0 unspecified atom stereocenters. The van der Waals surface area contributed by atoms with E-state index in [2.05, 4.69) is 11.8 Å². The highest BCUT2D eigenvalue weighted by Gasteiger charge is 2.23. The van der Waals surface area contributed by atoms with E-state index >= 15 is 0 Å². The molecule has 3 nitrogen and oxygen atoms in total. The van der Waals surface area contributed by atoms with Gasteiger partial charge < -0.3 is 5.11 Å². The van der Waals surface area contributed by atoms with E-state index in [-0.39, 0.29) is 17.1 Å². The first-order valence-electron chi connectivity index (χ1n) is 7.61. The summed E-state index contributed by atoms with van der Waals surface area (Å²) in [4.78, 5) is 13.6. The van der Waals surface area contributed by atoms with Crippen LogP contribution in [-0.2, 0) is 6.54 Å². The van der Waals surface area contributed by atoms with Crippen molar-refractivity contribution in [3.05, 3.63) is 29.1 Å². The van der Waals surface area contributed by atoms with Crippen molar-refractivity contribution < 1.29 is 14.3 Å². The van der Waals surface area contributed by atoms with E-state index in [0.717, 1.165) is 24.8 Å². The predicted octanol–water partition coefficient (Wildman–Crippen LogP) is 3.74. The van der Waals surface area contributed by atoms with Gasteiger partial charge in [0.15, 0.2) is 5.78 Å². The summed E-state index contributed by atoms with van der Waals surface area (Å²) in [5, 5.41) is 10.2. The minimum Gasteiger partial charge on any atom is -0.507 e. The van der Waals surface area contributed by atoms with Crippen molar-refractivity contribution in [3.8, 4) is 5.75 Å². The van der Waals surface area contributed by atoms with E-state index in [9.17, 15) is 14.3 Å². The largest absolute Gasteiger partial charge is 0.507 e. The molecule has 2 rings (SSSR count). The lowest BCUT2D eigenvalue weighted by Crippen LogP contribution is -2.34. The molecular formula is C17H24FNO2. The third-order valence-electron chi connectivity index (χ3n) is 4.56. The zero-order valence-corrected chi connectivity index (χ0v) is 13.0. The highest BCUT2D eigenvalue weighted by molar-refractivity contribution is 5.97. The van der Waals surface area contributed by atoms with Gasteiger partial charge in [0.05, 0.1) is 5.56 Å². The van der Waals surface area contributed by atoms with Crippen LogP contribution in [0.4, 0.5) is 4.39 Å². The van der Waals surface area contributed by atoms with E-state index in [0.29, 0.717) is 18.2 Å². The summed E-state index contributed by atoms with van der Waals surface area (Å²) in [5.74, 6) is -0.0949. The molecule has 0 heterocycles. The fourth-order valence-electron chi connectivity index (χ4n) is 3.13. The molecule has 0 spiro atoms. The van der Waals surface area contributed by atoms with Crippen LogP contribution in [0.15, 0.2) is 12.1 Å². The Morgan fingerprint density at radius 2 is 1.95 bits per heavy atom. The SMILES string of the molecule is CC(=O)c1cc(F)cc(CN(C)C2CCC(C)CC2)c1O. The number of carbonyl (C=O) groups is 1. The van der Waals surface area contributed by atoms with E-state index < -0.39 is 5.82 Å². The lowest BCUT2D eigenvalue weighted by Gasteiger charge is -2.33. The van der Waals surface area contributed by atoms with Crippen LogP contribution >= 0.6 is 0 Å². The van der Waals surface area contributed by atoms with Gasteiger partial charge in [-0.15, -0.1) is 0 Å². The molecule has 1 aliphatic carbocycles. The number of Topliss-reactive ketones (excluding diaryl/α,β-unsaturated/α-hetero) is 1. The van der Waals surface area contributed by atoms with E-state index in [1.807, 2.05) is 7.05 Å². The second-order valence-corrected chi connectivity index (χ2v) is 6.35. The molecule has 0 radical (unpaired) electrons.